The fraction of sp³-hybridized carbons (Fsp3) is 0.500. The molecule has 4 heterocycles. The molecule has 0 saturated carbocycles. The molecule has 0 spiro atoms. The number of amides is 4. The van der Waals surface area contributed by atoms with Gasteiger partial charge in [-0.2, -0.15) is 0 Å². The second-order valence-electron chi connectivity index (χ2n) is 22.3. The zero-order valence-electron chi connectivity index (χ0n) is 44.1. The molecule has 0 bridgehead atoms. The maximum atomic E-state index is 13.2. The predicted molar refractivity (Wildman–Crippen MR) is 275 cm³/mol. The Kier molecular flexibility index (Phi) is 14.5. The molecule has 0 aliphatic carbocycles. The predicted octanol–water partition coefficient (Wildman–Crippen LogP) is 5.25. The Hall–Kier alpha value is -6.20. The minimum absolute atomic E-state index is 0.00559. The SMILES string of the molecule is CN1C(=O)[C@H](Cc2ccc(OCC(COc3ccc(C[C@@H]4NC(C)(C)N(C)C4=O)cc3)(COc3ccc(C[C@@H]4NC(C)(C)N(C)C4=O)cc3)COc3ccc([C@@H]4NC(C)(C)N(C)C4=O)cc3)cc2)NC1(C)C. The van der Waals surface area contributed by atoms with Crippen LogP contribution in [0.1, 0.15) is 83.7 Å². The molecule has 386 valence electrons. The molecular formula is C56H74N8O8. The van der Waals surface area contributed by atoms with Crippen LogP contribution in [-0.2, 0) is 38.4 Å². The Labute approximate surface area is 425 Å². The zero-order valence-corrected chi connectivity index (χ0v) is 44.1. The summed E-state index contributed by atoms with van der Waals surface area (Å²) in [5.74, 6) is 2.63. The quantitative estimate of drug-likeness (QED) is 0.0966. The fourth-order valence-electron chi connectivity index (χ4n) is 9.73. The second-order valence-corrected chi connectivity index (χ2v) is 22.3. The monoisotopic (exact) mass is 987 g/mol. The first-order chi connectivity index (χ1) is 33.8. The highest BCUT2D eigenvalue weighted by Gasteiger charge is 2.45. The van der Waals surface area contributed by atoms with Crippen LogP contribution in [0.25, 0.3) is 0 Å². The first-order valence-electron chi connectivity index (χ1n) is 24.9. The average Bonchev–Trinajstić information content (AvgIpc) is 3.86. The summed E-state index contributed by atoms with van der Waals surface area (Å²) >= 11 is 0. The molecule has 4 saturated heterocycles. The van der Waals surface area contributed by atoms with E-state index in [0.29, 0.717) is 42.3 Å². The smallest absolute Gasteiger partial charge is 0.245 e. The van der Waals surface area contributed by atoms with Crippen molar-refractivity contribution in [3.8, 4) is 23.0 Å². The molecule has 4 atom stereocenters. The van der Waals surface area contributed by atoms with Gasteiger partial charge in [0.2, 0.25) is 23.6 Å². The van der Waals surface area contributed by atoms with E-state index in [9.17, 15) is 19.2 Å². The van der Waals surface area contributed by atoms with E-state index in [1.165, 1.54) is 0 Å². The zero-order chi connectivity index (χ0) is 52.0. The van der Waals surface area contributed by atoms with E-state index in [0.717, 1.165) is 22.3 Å². The van der Waals surface area contributed by atoms with Crippen LogP contribution in [0.2, 0.25) is 0 Å². The summed E-state index contributed by atoms with van der Waals surface area (Å²) in [5, 5.41) is 13.8. The van der Waals surface area contributed by atoms with E-state index in [-0.39, 0.29) is 68.2 Å². The van der Waals surface area contributed by atoms with Gasteiger partial charge in [-0.1, -0.05) is 48.5 Å². The molecule has 4 N–H and O–H groups in total. The maximum absolute atomic E-state index is 13.2. The number of carbonyl (C=O) groups is 4. The van der Waals surface area contributed by atoms with E-state index in [4.69, 9.17) is 18.9 Å². The first kappa shape index (κ1) is 52.1. The van der Waals surface area contributed by atoms with Gasteiger partial charge in [0, 0.05) is 28.2 Å². The molecule has 0 unspecified atom stereocenters. The van der Waals surface area contributed by atoms with Crippen molar-refractivity contribution in [3.63, 3.8) is 0 Å². The van der Waals surface area contributed by atoms with Crippen molar-refractivity contribution in [1.82, 2.24) is 40.9 Å². The Balaban J connectivity index is 1.04. The topological polar surface area (TPSA) is 166 Å². The number of benzene rings is 4. The van der Waals surface area contributed by atoms with E-state index >= 15 is 0 Å². The summed E-state index contributed by atoms with van der Waals surface area (Å²) in [5.41, 5.74) is 1.10. The molecule has 16 nitrogen and oxygen atoms in total. The summed E-state index contributed by atoms with van der Waals surface area (Å²) < 4.78 is 26.6. The van der Waals surface area contributed by atoms with Gasteiger partial charge in [0.1, 0.15) is 60.9 Å². The molecule has 8 rings (SSSR count). The number of likely N-dealkylation sites (N-methyl/N-ethyl adjacent to an activating group) is 4. The van der Waals surface area contributed by atoms with Gasteiger partial charge in [-0.05, 0) is 145 Å². The lowest BCUT2D eigenvalue weighted by Gasteiger charge is -2.33. The van der Waals surface area contributed by atoms with Crippen LogP contribution in [0.3, 0.4) is 0 Å². The molecule has 16 heteroatoms. The third kappa shape index (κ3) is 11.2. The number of hydrogen-bond acceptors (Lipinski definition) is 12. The summed E-state index contributed by atoms with van der Waals surface area (Å²) in [4.78, 5) is 59.3. The van der Waals surface area contributed by atoms with Gasteiger partial charge >= 0.3 is 0 Å². The Morgan fingerprint density at radius 1 is 0.389 bits per heavy atom. The van der Waals surface area contributed by atoms with E-state index in [1.807, 2.05) is 174 Å². The van der Waals surface area contributed by atoms with Crippen LogP contribution in [-0.4, -0.2) is 139 Å². The highest BCUT2D eigenvalue weighted by molar-refractivity contribution is 5.87. The number of carbonyl (C=O) groups excluding carboxylic acids is 4. The lowest BCUT2D eigenvalue weighted by molar-refractivity contribution is -0.130. The molecule has 4 amide bonds. The minimum atomic E-state index is -0.923. The average molecular weight is 987 g/mol. The van der Waals surface area contributed by atoms with Gasteiger partial charge in [0.05, 0.1) is 40.8 Å². The molecule has 72 heavy (non-hydrogen) atoms. The molecule has 0 aromatic heterocycles. The Bertz CT molecular complexity index is 2390. The maximum Gasteiger partial charge on any atom is 0.245 e. The normalized spacial score (nSPS) is 23.3. The fourth-order valence-corrected chi connectivity index (χ4v) is 9.73. The van der Waals surface area contributed by atoms with E-state index in [1.54, 1.807) is 26.6 Å². The molecule has 4 aromatic carbocycles. The van der Waals surface area contributed by atoms with Crippen molar-refractivity contribution in [3.05, 3.63) is 119 Å². The molecule has 4 fully saturated rings. The Morgan fingerprint density at radius 3 is 0.875 bits per heavy atom. The summed E-state index contributed by atoms with van der Waals surface area (Å²) in [6.45, 7) is 16.4. The van der Waals surface area contributed by atoms with Crippen LogP contribution in [0.4, 0.5) is 0 Å². The van der Waals surface area contributed by atoms with Gasteiger partial charge in [-0.25, -0.2) is 0 Å². The van der Waals surface area contributed by atoms with Gasteiger partial charge < -0.3 is 38.5 Å². The van der Waals surface area contributed by atoms with Crippen LogP contribution in [0, 0.1) is 5.41 Å². The molecule has 4 aromatic rings. The number of ether oxygens (including phenoxy) is 4. The van der Waals surface area contributed by atoms with Crippen LogP contribution in [0.5, 0.6) is 23.0 Å². The van der Waals surface area contributed by atoms with Gasteiger partial charge in [-0.15, -0.1) is 0 Å². The molecule has 0 radical (unpaired) electrons. The third-order valence-corrected chi connectivity index (χ3v) is 15.4. The number of nitrogens with zero attached hydrogens (tertiary/aromatic N) is 4. The minimum Gasteiger partial charge on any atom is -0.493 e. The lowest BCUT2D eigenvalue weighted by atomic mass is 9.92. The summed E-state index contributed by atoms with van der Waals surface area (Å²) in [6.07, 6.45) is 1.60. The third-order valence-electron chi connectivity index (χ3n) is 15.4. The van der Waals surface area contributed by atoms with E-state index < -0.39 is 34.1 Å². The van der Waals surface area contributed by atoms with Crippen molar-refractivity contribution < 1.29 is 38.1 Å². The number of nitrogens with one attached hydrogen (secondary N) is 4. The van der Waals surface area contributed by atoms with Crippen molar-refractivity contribution >= 4 is 23.6 Å². The second kappa shape index (κ2) is 20.0. The van der Waals surface area contributed by atoms with Gasteiger partial charge in [-0.3, -0.25) is 40.4 Å². The van der Waals surface area contributed by atoms with Crippen LogP contribution >= 0.6 is 0 Å². The lowest BCUT2D eigenvalue weighted by Crippen LogP contribution is -2.45. The van der Waals surface area contributed by atoms with Gasteiger partial charge in [0.15, 0.2) is 0 Å². The van der Waals surface area contributed by atoms with Crippen LogP contribution < -0.4 is 40.2 Å². The molecule has 4 aliphatic rings. The van der Waals surface area contributed by atoms with Crippen molar-refractivity contribution in [2.45, 2.75) is 121 Å². The van der Waals surface area contributed by atoms with Crippen molar-refractivity contribution in [2.24, 2.45) is 5.41 Å². The highest BCUT2D eigenvalue weighted by Crippen LogP contribution is 2.33. The number of hydrogen-bond donors (Lipinski definition) is 4. The molecule has 4 aliphatic heterocycles. The Morgan fingerprint density at radius 2 is 0.639 bits per heavy atom. The first-order valence-corrected chi connectivity index (χ1v) is 24.9. The summed E-state index contributed by atoms with van der Waals surface area (Å²) in [7, 11) is 7.26. The number of rotatable bonds is 19. The van der Waals surface area contributed by atoms with E-state index in [2.05, 4.69) is 21.3 Å². The van der Waals surface area contributed by atoms with Gasteiger partial charge in [0.25, 0.3) is 0 Å². The highest BCUT2D eigenvalue weighted by atomic mass is 16.5. The molecular weight excluding hydrogens is 913 g/mol. The standard InChI is InChI=1S/C56H74N8O8/c1-52(2)57-44(48(65)61(52)9)29-36-13-21-40(22-14-36)69-32-56(35-72-43-27-19-39(20-28-43)47-51(68)64(12)55(7,8)60-47,33-70-41-23-15-37(16-24-41)30-45-49(66)62(10)53(3,4)58-45)34-71-42-25-17-38(18-26-42)31-46-50(67)63(11)54(5,6)59-46/h13-28,44-47,57-60H,29-35H2,1-12H3/t44-,45-,46-,47-/m0/s1. The largest absolute Gasteiger partial charge is 0.493 e. The van der Waals surface area contributed by atoms with Crippen molar-refractivity contribution in [2.75, 3.05) is 54.6 Å². The van der Waals surface area contributed by atoms with Crippen LogP contribution in [0.15, 0.2) is 97.1 Å². The summed E-state index contributed by atoms with van der Waals surface area (Å²) in [6, 6.07) is 29.4. The van der Waals surface area contributed by atoms with Crippen molar-refractivity contribution in [1.29, 1.82) is 0 Å².